The third-order valence-electron chi connectivity index (χ3n) is 18.9. The van der Waals surface area contributed by atoms with Crippen molar-refractivity contribution in [2.45, 2.75) is 126 Å². The molecule has 0 heterocycles. The Hall–Kier alpha value is -7.22. The van der Waals surface area contributed by atoms with Crippen LogP contribution >= 0.6 is 0 Å². The lowest BCUT2D eigenvalue weighted by molar-refractivity contribution is -0.128. The zero-order chi connectivity index (χ0) is 50.3. The average molecular weight is 955 g/mol. The molecular formula is C74H66. The molecule has 0 heteroatoms. The summed E-state index contributed by atoms with van der Waals surface area (Å²) < 4.78 is 0. The highest BCUT2D eigenvalue weighted by atomic mass is 14.7. The van der Waals surface area contributed by atoms with E-state index in [0.717, 1.165) is 44.5 Å². The molecule has 8 aliphatic carbocycles. The van der Waals surface area contributed by atoms with Crippen LogP contribution in [0.4, 0.5) is 0 Å². The molecule has 0 N–H and O–H groups in total. The van der Waals surface area contributed by atoms with Crippen LogP contribution in [0.5, 0.6) is 0 Å². The maximum atomic E-state index is 3.78. The van der Waals surface area contributed by atoms with Crippen molar-refractivity contribution >= 4 is 0 Å². The highest BCUT2D eigenvalue weighted by Crippen LogP contribution is 2.76. The molecule has 0 aliphatic heterocycles. The monoisotopic (exact) mass is 955 g/mol. The largest absolute Gasteiger partial charge is 0.0622 e. The van der Waals surface area contributed by atoms with Crippen LogP contribution in [0.1, 0.15) is 172 Å². The first-order chi connectivity index (χ1) is 35.7. The summed E-state index contributed by atoms with van der Waals surface area (Å²) in [7, 11) is 0. The van der Waals surface area contributed by atoms with Crippen molar-refractivity contribution in [3.63, 3.8) is 0 Å². The molecule has 15 rings (SSSR count). The van der Waals surface area contributed by atoms with Crippen LogP contribution in [0.25, 0.3) is 0 Å². The lowest BCUT2D eigenvalue weighted by atomic mass is 9.33. The van der Waals surface area contributed by atoms with E-state index in [-0.39, 0.29) is 43.3 Å². The lowest BCUT2D eigenvalue weighted by Gasteiger charge is -2.71. The van der Waals surface area contributed by atoms with Gasteiger partial charge in [0.2, 0.25) is 0 Å². The summed E-state index contributed by atoms with van der Waals surface area (Å²) in [4.78, 5) is 0. The Morgan fingerprint density at radius 2 is 0.541 bits per heavy atom. The van der Waals surface area contributed by atoms with Gasteiger partial charge in [-0.1, -0.05) is 184 Å². The zero-order valence-electron chi connectivity index (χ0n) is 43.8. The predicted molar refractivity (Wildman–Crippen MR) is 304 cm³/mol. The Morgan fingerprint density at radius 3 is 0.878 bits per heavy atom. The van der Waals surface area contributed by atoms with Crippen molar-refractivity contribution < 1.29 is 0 Å². The van der Waals surface area contributed by atoms with Crippen molar-refractivity contribution in [1.82, 2.24) is 0 Å². The molecule has 0 radical (unpaired) electrons. The molecule has 8 fully saturated rings. The van der Waals surface area contributed by atoms with Crippen LogP contribution in [0, 0.1) is 69.0 Å². The van der Waals surface area contributed by atoms with Gasteiger partial charge in [-0.25, -0.2) is 0 Å². The van der Waals surface area contributed by atoms with E-state index in [1.807, 2.05) is 0 Å². The molecule has 4 unspecified atom stereocenters. The first-order valence-corrected chi connectivity index (χ1v) is 27.4. The van der Waals surface area contributed by atoms with E-state index in [2.05, 4.69) is 257 Å². The maximum Gasteiger partial charge on any atom is 0.0299 e. The molecule has 7 aromatic carbocycles. The molecular weight excluding hydrogens is 889 g/mol. The number of benzene rings is 7. The SMILES string of the molecule is CC12CC3(C)CC(c4cccc(C56CC7(C)CC(C)(C5)CC(c5ccc(C#Cc8ccccc8)cc5C#Cc5ccccc5)(C7)C6)c4)(C1)CC(c1ccc(C#Cc4ccccc4)cc1C#Cc1ccccc1)(C2)C3. The normalized spacial score (nSPS) is 31.4. The Balaban J connectivity index is 0.899. The maximum absolute atomic E-state index is 3.78. The Kier molecular flexibility index (Phi) is 10.8. The Bertz CT molecular complexity index is 3330. The lowest BCUT2D eigenvalue weighted by Crippen LogP contribution is -2.63. The first-order valence-electron chi connectivity index (χ1n) is 27.4. The van der Waals surface area contributed by atoms with Crippen molar-refractivity contribution in [3.05, 3.63) is 249 Å². The quantitative estimate of drug-likeness (QED) is 0.154. The fourth-order valence-corrected chi connectivity index (χ4v) is 18.8. The third-order valence-corrected chi connectivity index (χ3v) is 18.9. The summed E-state index contributed by atoms with van der Waals surface area (Å²) in [6, 6.07) is 66.2. The second-order valence-electron chi connectivity index (χ2n) is 26.1. The molecule has 8 saturated carbocycles. The fourth-order valence-electron chi connectivity index (χ4n) is 18.8. The Morgan fingerprint density at radius 1 is 0.243 bits per heavy atom. The van der Waals surface area contributed by atoms with Gasteiger partial charge in [0.15, 0.2) is 0 Å². The summed E-state index contributed by atoms with van der Waals surface area (Å²) in [5, 5.41) is 0. The minimum atomic E-state index is 0.0147. The molecule has 74 heavy (non-hydrogen) atoms. The number of hydrogen-bond acceptors (Lipinski definition) is 0. The van der Waals surface area contributed by atoms with Gasteiger partial charge in [0, 0.05) is 44.5 Å². The smallest absolute Gasteiger partial charge is 0.0299 e. The van der Waals surface area contributed by atoms with Crippen LogP contribution in [0.2, 0.25) is 0 Å². The Labute approximate surface area is 441 Å². The molecule has 4 atom stereocenters. The first kappa shape index (κ1) is 46.6. The second kappa shape index (κ2) is 17.2. The summed E-state index contributed by atoms with van der Waals surface area (Å²) in [6.45, 7) is 10.6. The molecule has 0 saturated heterocycles. The van der Waals surface area contributed by atoms with E-state index >= 15 is 0 Å². The van der Waals surface area contributed by atoms with Crippen LogP contribution in [0.3, 0.4) is 0 Å². The van der Waals surface area contributed by atoms with Crippen LogP contribution in [-0.4, -0.2) is 0 Å². The molecule has 0 nitrogen and oxygen atoms in total. The van der Waals surface area contributed by atoms with Crippen molar-refractivity contribution in [3.8, 4) is 47.4 Å². The molecule has 0 aromatic heterocycles. The summed E-state index contributed by atoms with van der Waals surface area (Å²) >= 11 is 0. The molecule has 8 bridgehead atoms. The van der Waals surface area contributed by atoms with Crippen molar-refractivity contribution in [2.75, 3.05) is 0 Å². The average Bonchev–Trinajstić information content (AvgIpc) is 3.38. The van der Waals surface area contributed by atoms with Gasteiger partial charge in [0.05, 0.1) is 0 Å². The van der Waals surface area contributed by atoms with E-state index in [1.165, 1.54) is 88.2 Å². The van der Waals surface area contributed by atoms with Crippen LogP contribution in [-0.2, 0) is 21.7 Å². The van der Waals surface area contributed by atoms with E-state index in [1.54, 1.807) is 11.1 Å². The minimum absolute atomic E-state index is 0.0147. The second-order valence-corrected chi connectivity index (χ2v) is 26.1. The molecule has 362 valence electrons. The highest BCUT2D eigenvalue weighted by molar-refractivity contribution is 5.59. The standard InChI is InChI=1S/C74H66/c1-67-43-68(2)46-71(45-67,53-73(49-67,50-68)65-38-34-59(30-28-55-18-9-5-10-19-55)40-61(65)36-32-57-22-13-7-14-23-57)63-26-17-27-64(42-63)72-47-69(3)44-70(4,48-72)52-74(51-69,54-72)66-39-35-60(31-29-56-20-11-6-12-21-56)41-62(66)37-33-58-24-15-8-16-25-58/h5-27,34-35,38-42H,43-54H2,1-4H3. The summed E-state index contributed by atoms with van der Waals surface area (Å²) in [5.41, 5.74) is 15.7. The fraction of sp³-hybridized carbons (Fsp3) is 0.324. The molecule has 0 spiro atoms. The van der Waals surface area contributed by atoms with Gasteiger partial charge in [-0.15, -0.1) is 0 Å². The van der Waals surface area contributed by atoms with Gasteiger partial charge in [-0.2, -0.15) is 0 Å². The van der Waals surface area contributed by atoms with E-state index < -0.39 is 0 Å². The molecule has 0 amide bonds. The minimum Gasteiger partial charge on any atom is -0.0622 e. The highest BCUT2D eigenvalue weighted by Gasteiger charge is 2.68. The van der Waals surface area contributed by atoms with Crippen molar-refractivity contribution in [2.24, 2.45) is 21.7 Å². The van der Waals surface area contributed by atoms with Gasteiger partial charge >= 0.3 is 0 Å². The number of hydrogen-bond donors (Lipinski definition) is 0. The van der Waals surface area contributed by atoms with Crippen LogP contribution < -0.4 is 0 Å². The molecule has 8 aliphatic rings. The van der Waals surface area contributed by atoms with Gasteiger partial charge in [-0.05, 0) is 215 Å². The van der Waals surface area contributed by atoms with E-state index in [0.29, 0.717) is 0 Å². The molecule has 7 aromatic rings. The zero-order valence-corrected chi connectivity index (χ0v) is 43.8. The van der Waals surface area contributed by atoms with Gasteiger partial charge in [0.25, 0.3) is 0 Å². The van der Waals surface area contributed by atoms with Crippen LogP contribution in [0.15, 0.2) is 182 Å². The van der Waals surface area contributed by atoms with E-state index in [4.69, 9.17) is 0 Å². The van der Waals surface area contributed by atoms with Gasteiger partial charge in [-0.3, -0.25) is 0 Å². The predicted octanol–water partition coefficient (Wildman–Crippen LogP) is 16.4. The topological polar surface area (TPSA) is 0 Å². The van der Waals surface area contributed by atoms with Gasteiger partial charge < -0.3 is 0 Å². The number of rotatable bonds is 4. The summed E-state index contributed by atoms with van der Waals surface area (Å²) in [6.07, 6.45) is 14.8. The summed E-state index contributed by atoms with van der Waals surface area (Å²) in [5.74, 6) is 28.7. The van der Waals surface area contributed by atoms with E-state index in [9.17, 15) is 0 Å². The van der Waals surface area contributed by atoms with Crippen molar-refractivity contribution in [1.29, 1.82) is 0 Å². The third kappa shape index (κ3) is 8.43. The van der Waals surface area contributed by atoms with Gasteiger partial charge in [0.1, 0.15) is 0 Å².